The largest absolute Gasteiger partial charge is 0.462 e. The molecule has 1 heterocycles. The Bertz CT molecular complexity index is 1140. The van der Waals surface area contributed by atoms with Crippen molar-refractivity contribution < 1.29 is 19.1 Å². The maximum absolute atomic E-state index is 13.2. The summed E-state index contributed by atoms with van der Waals surface area (Å²) >= 11 is 7.48. The molecular weight excluding hydrogens is 510 g/mol. The van der Waals surface area contributed by atoms with Crippen LogP contribution < -0.4 is 5.32 Å². The molecule has 3 rings (SSSR count). The second-order valence-electron chi connectivity index (χ2n) is 8.89. The fourth-order valence-corrected chi connectivity index (χ4v) is 5.13. The number of nitrogens with zero attached hydrogens (tertiary/aromatic N) is 2. The van der Waals surface area contributed by atoms with E-state index in [4.69, 9.17) is 21.3 Å². The first-order valence-electron chi connectivity index (χ1n) is 12.7. The average Bonchev–Trinajstić information content (AvgIpc) is 2.87. The molecule has 0 bridgehead atoms. The van der Waals surface area contributed by atoms with Gasteiger partial charge in [-0.2, -0.15) is 0 Å². The molecule has 1 aliphatic heterocycles. The summed E-state index contributed by atoms with van der Waals surface area (Å²) in [5, 5.41) is 3.30. The Labute approximate surface area is 228 Å². The van der Waals surface area contributed by atoms with Crippen molar-refractivity contribution in [2.45, 2.75) is 64.5 Å². The minimum absolute atomic E-state index is 0.0892. The van der Waals surface area contributed by atoms with Gasteiger partial charge < -0.3 is 10.1 Å². The summed E-state index contributed by atoms with van der Waals surface area (Å²) < 4.78 is 5.04. The summed E-state index contributed by atoms with van der Waals surface area (Å²) in [6, 6.07) is 12.0. The number of aliphatic imine (C=N–C) groups is 1. The van der Waals surface area contributed by atoms with Gasteiger partial charge in [-0.1, -0.05) is 62.0 Å². The molecule has 37 heavy (non-hydrogen) atoms. The fourth-order valence-electron chi connectivity index (χ4n) is 3.83. The number of carbonyl (C=O) groups is 3. The zero-order valence-electron chi connectivity index (χ0n) is 21.6. The zero-order valence-corrected chi connectivity index (χ0v) is 23.2. The van der Waals surface area contributed by atoms with Gasteiger partial charge in [0.15, 0.2) is 5.17 Å². The third-order valence-electron chi connectivity index (χ3n) is 5.96. The summed E-state index contributed by atoms with van der Waals surface area (Å²) in [6.07, 6.45) is 5.43. The van der Waals surface area contributed by atoms with Crippen molar-refractivity contribution in [3.63, 3.8) is 0 Å². The van der Waals surface area contributed by atoms with Crippen molar-refractivity contribution in [3.05, 3.63) is 58.6 Å². The van der Waals surface area contributed by atoms with Crippen LogP contribution in [-0.4, -0.2) is 46.3 Å². The predicted molar refractivity (Wildman–Crippen MR) is 151 cm³/mol. The molecule has 0 spiro atoms. The molecule has 1 fully saturated rings. The molecule has 2 aromatic rings. The molecule has 7 nitrogen and oxygen atoms in total. The summed E-state index contributed by atoms with van der Waals surface area (Å²) in [5.74, 6) is -0.796. The highest BCUT2D eigenvalue weighted by atomic mass is 35.5. The van der Waals surface area contributed by atoms with E-state index in [0.717, 1.165) is 31.2 Å². The van der Waals surface area contributed by atoms with Gasteiger partial charge in [-0.25, -0.2) is 9.79 Å². The van der Waals surface area contributed by atoms with Crippen LogP contribution in [0.3, 0.4) is 0 Å². The normalized spacial score (nSPS) is 16.6. The number of carbonyl (C=O) groups excluding carboxylic acids is 3. The van der Waals surface area contributed by atoms with Gasteiger partial charge in [-0.3, -0.25) is 14.5 Å². The molecule has 1 saturated heterocycles. The number of halogens is 1. The highest BCUT2D eigenvalue weighted by molar-refractivity contribution is 8.15. The number of unbranched alkanes of at least 4 members (excludes halogenated alkanes) is 4. The lowest BCUT2D eigenvalue weighted by Gasteiger charge is -2.32. The third-order valence-corrected chi connectivity index (χ3v) is 7.55. The summed E-state index contributed by atoms with van der Waals surface area (Å²) in [7, 11) is 0. The SMILES string of the molecule is CCCCCCCN1C(=O)CC(C(=O)Nc2ccc(C)c(Cl)c2)SC1=Nc1ccc(C(=O)OCC)cc1. The van der Waals surface area contributed by atoms with E-state index in [0.29, 0.717) is 40.3 Å². The van der Waals surface area contributed by atoms with E-state index in [2.05, 4.69) is 12.2 Å². The molecule has 0 aliphatic carbocycles. The number of rotatable bonds is 11. The quantitative estimate of drug-likeness (QED) is 0.250. The maximum Gasteiger partial charge on any atom is 0.338 e. The van der Waals surface area contributed by atoms with Crippen LogP contribution in [0.4, 0.5) is 11.4 Å². The van der Waals surface area contributed by atoms with Crippen LogP contribution in [0.5, 0.6) is 0 Å². The lowest BCUT2D eigenvalue weighted by atomic mass is 10.1. The molecular formula is C28H34ClN3O4S. The van der Waals surface area contributed by atoms with E-state index >= 15 is 0 Å². The smallest absolute Gasteiger partial charge is 0.338 e. The predicted octanol–water partition coefficient (Wildman–Crippen LogP) is 6.76. The first-order chi connectivity index (χ1) is 17.8. The van der Waals surface area contributed by atoms with Crippen LogP contribution in [0.25, 0.3) is 0 Å². The van der Waals surface area contributed by atoms with Crippen molar-refractivity contribution in [1.82, 2.24) is 4.90 Å². The molecule has 2 aromatic carbocycles. The van der Waals surface area contributed by atoms with Crippen molar-refractivity contribution in [3.8, 4) is 0 Å². The Morgan fingerprint density at radius 1 is 1.11 bits per heavy atom. The average molecular weight is 544 g/mol. The molecule has 2 amide bonds. The Hall–Kier alpha value is -2.84. The molecule has 9 heteroatoms. The Kier molecular flexibility index (Phi) is 11.0. The van der Waals surface area contributed by atoms with E-state index in [1.54, 1.807) is 48.2 Å². The molecule has 1 aliphatic rings. The highest BCUT2D eigenvalue weighted by Gasteiger charge is 2.35. The van der Waals surface area contributed by atoms with E-state index in [1.165, 1.54) is 18.2 Å². The zero-order chi connectivity index (χ0) is 26.8. The number of nitrogens with one attached hydrogen (secondary N) is 1. The molecule has 0 radical (unpaired) electrons. The second-order valence-corrected chi connectivity index (χ2v) is 10.5. The van der Waals surface area contributed by atoms with E-state index in [-0.39, 0.29) is 18.2 Å². The number of aryl methyl sites for hydroxylation is 1. The van der Waals surface area contributed by atoms with Crippen LogP contribution in [0.15, 0.2) is 47.5 Å². The molecule has 0 saturated carbocycles. The number of anilines is 1. The number of amidine groups is 1. The van der Waals surface area contributed by atoms with Crippen molar-refractivity contribution in [2.24, 2.45) is 4.99 Å². The number of thioether (sulfide) groups is 1. The van der Waals surface area contributed by atoms with Crippen molar-refractivity contribution in [2.75, 3.05) is 18.5 Å². The first kappa shape index (κ1) is 28.7. The number of esters is 1. The van der Waals surface area contributed by atoms with Gasteiger partial charge >= 0.3 is 5.97 Å². The van der Waals surface area contributed by atoms with Crippen LogP contribution >= 0.6 is 23.4 Å². The van der Waals surface area contributed by atoms with Gasteiger partial charge in [0.05, 0.1) is 17.9 Å². The Balaban J connectivity index is 1.79. The summed E-state index contributed by atoms with van der Waals surface area (Å²) in [5.41, 5.74) is 2.52. The van der Waals surface area contributed by atoms with E-state index in [1.807, 2.05) is 13.0 Å². The second kappa shape index (κ2) is 14.2. The molecule has 1 N–H and O–H groups in total. The molecule has 198 valence electrons. The van der Waals surface area contributed by atoms with Crippen molar-refractivity contribution in [1.29, 1.82) is 0 Å². The van der Waals surface area contributed by atoms with Gasteiger partial charge in [0.25, 0.3) is 0 Å². The minimum Gasteiger partial charge on any atom is -0.462 e. The number of benzene rings is 2. The minimum atomic E-state index is -0.624. The Morgan fingerprint density at radius 2 is 1.84 bits per heavy atom. The number of amides is 2. The Morgan fingerprint density at radius 3 is 2.51 bits per heavy atom. The van der Waals surface area contributed by atoms with Gasteiger partial charge in [-0.15, -0.1) is 0 Å². The summed E-state index contributed by atoms with van der Waals surface area (Å²) in [4.78, 5) is 44.6. The van der Waals surface area contributed by atoms with Crippen LogP contribution in [-0.2, 0) is 14.3 Å². The van der Waals surface area contributed by atoms with E-state index < -0.39 is 11.2 Å². The van der Waals surface area contributed by atoms with Gasteiger partial charge in [-0.05, 0) is 62.2 Å². The summed E-state index contributed by atoms with van der Waals surface area (Å²) in [6.45, 7) is 6.66. The van der Waals surface area contributed by atoms with Gasteiger partial charge in [0.2, 0.25) is 11.8 Å². The fraction of sp³-hybridized carbons (Fsp3) is 0.429. The number of hydrogen-bond donors (Lipinski definition) is 1. The number of ether oxygens (including phenoxy) is 1. The van der Waals surface area contributed by atoms with Gasteiger partial charge in [0.1, 0.15) is 5.25 Å². The number of hydrogen-bond acceptors (Lipinski definition) is 6. The topological polar surface area (TPSA) is 88.1 Å². The monoisotopic (exact) mass is 543 g/mol. The molecule has 1 unspecified atom stereocenters. The first-order valence-corrected chi connectivity index (χ1v) is 14.0. The lowest BCUT2D eigenvalue weighted by molar-refractivity contribution is -0.129. The van der Waals surface area contributed by atoms with Crippen LogP contribution in [0.2, 0.25) is 5.02 Å². The maximum atomic E-state index is 13.2. The van der Waals surface area contributed by atoms with Gasteiger partial charge in [0, 0.05) is 23.7 Å². The molecule has 0 aromatic heterocycles. The van der Waals surface area contributed by atoms with Crippen molar-refractivity contribution >= 4 is 57.7 Å². The standard InChI is InChI=1S/C28H34ClN3O4S/c1-4-6-7-8-9-16-32-25(33)18-24(26(34)30-22-13-10-19(3)23(29)17-22)37-28(32)31-21-14-11-20(12-15-21)27(35)36-5-2/h10-15,17,24H,4-9,16,18H2,1-3H3,(H,30,34). The highest BCUT2D eigenvalue weighted by Crippen LogP contribution is 2.31. The third kappa shape index (κ3) is 8.33. The lowest BCUT2D eigenvalue weighted by Crippen LogP contribution is -2.45. The van der Waals surface area contributed by atoms with Crippen LogP contribution in [0.1, 0.15) is 68.3 Å². The molecule has 1 atom stereocenters. The van der Waals surface area contributed by atoms with Crippen LogP contribution in [0, 0.1) is 6.92 Å². The van der Waals surface area contributed by atoms with E-state index in [9.17, 15) is 14.4 Å².